The van der Waals surface area contributed by atoms with Crippen LogP contribution in [-0.4, -0.2) is 29.4 Å². The zero-order valence-corrected chi connectivity index (χ0v) is 18.6. The molecule has 0 fully saturated rings. The van der Waals surface area contributed by atoms with Gasteiger partial charge in [0.1, 0.15) is 11.6 Å². The Labute approximate surface area is 196 Å². The minimum absolute atomic E-state index is 0.0648. The maximum atomic E-state index is 13.9. The van der Waals surface area contributed by atoms with Gasteiger partial charge in [-0.2, -0.15) is 0 Å². The van der Waals surface area contributed by atoms with Crippen LogP contribution in [0, 0.1) is 11.6 Å². The monoisotopic (exact) mass is 462 g/mol. The molecule has 7 heteroatoms. The van der Waals surface area contributed by atoms with Gasteiger partial charge in [0.25, 0.3) is 0 Å². The SMILES string of the molecule is CC1=C(CC(=O)NO)c2cc(F)ccc2/C1=C\c1ccc(N(CCO)c2ccc(F)cc2)cc1. The van der Waals surface area contributed by atoms with Gasteiger partial charge < -0.3 is 10.0 Å². The Morgan fingerprint density at radius 1 is 0.941 bits per heavy atom. The van der Waals surface area contributed by atoms with Crippen molar-refractivity contribution in [2.24, 2.45) is 0 Å². The van der Waals surface area contributed by atoms with Crippen molar-refractivity contribution in [1.82, 2.24) is 5.48 Å². The van der Waals surface area contributed by atoms with Crippen LogP contribution in [0.3, 0.4) is 0 Å². The largest absolute Gasteiger partial charge is 0.395 e. The highest BCUT2D eigenvalue weighted by molar-refractivity contribution is 6.08. The van der Waals surface area contributed by atoms with Crippen LogP contribution in [0.4, 0.5) is 20.2 Å². The molecule has 174 valence electrons. The first-order valence-electron chi connectivity index (χ1n) is 10.8. The number of fused-ring (bicyclic) bond motifs is 1. The molecule has 0 radical (unpaired) electrons. The van der Waals surface area contributed by atoms with Crippen molar-refractivity contribution in [2.45, 2.75) is 13.3 Å². The lowest BCUT2D eigenvalue weighted by Gasteiger charge is -2.24. The Hall–Kier alpha value is -3.81. The van der Waals surface area contributed by atoms with E-state index in [1.54, 1.807) is 23.7 Å². The minimum Gasteiger partial charge on any atom is -0.395 e. The van der Waals surface area contributed by atoms with Crippen molar-refractivity contribution in [2.75, 3.05) is 18.1 Å². The van der Waals surface area contributed by atoms with Crippen molar-refractivity contribution < 1.29 is 23.9 Å². The normalized spacial score (nSPS) is 13.9. The fraction of sp³-hybridized carbons (Fsp3) is 0.148. The van der Waals surface area contributed by atoms with Gasteiger partial charge in [0.15, 0.2) is 0 Å². The van der Waals surface area contributed by atoms with Gasteiger partial charge in [0.2, 0.25) is 5.91 Å². The van der Waals surface area contributed by atoms with Crippen molar-refractivity contribution >= 4 is 34.5 Å². The third-order valence-corrected chi connectivity index (χ3v) is 5.89. The number of hydroxylamine groups is 1. The van der Waals surface area contributed by atoms with E-state index in [9.17, 15) is 18.7 Å². The molecule has 3 aromatic carbocycles. The number of amides is 1. The average Bonchev–Trinajstić information content (AvgIpc) is 3.09. The fourth-order valence-electron chi connectivity index (χ4n) is 4.23. The number of hydrogen-bond donors (Lipinski definition) is 3. The second-order valence-electron chi connectivity index (χ2n) is 8.01. The highest BCUT2D eigenvalue weighted by atomic mass is 19.1. The lowest BCUT2D eigenvalue weighted by Crippen LogP contribution is -2.20. The number of allylic oxidation sites excluding steroid dienone is 2. The molecule has 1 aliphatic rings. The predicted octanol–water partition coefficient (Wildman–Crippen LogP) is 5.32. The number of nitrogens with zero attached hydrogens (tertiary/aromatic N) is 1. The van der Waals surface area contributed by atoms with E-state index in [2.05, 4.69) is 0 Å². The molecule has 1 aliphatic carbocycles. The van der Waals surface area contributed by atoms with Crippen molar-refractivity contribution in [3.05, 3.63) is 101 Å². The number of aliphatic hydroxyl groups is 1. The molecular formula is C27H24F2N2O3. The van der Waals surface area contributed by atoms with E-state index in [0.717, 1.165) is 33.6 Å². The third-order valence-electron chi connectivity index (χ3n) is 5.89. The molecule has 34 heavy (non-hydrogen) atoms. The molecular weight excluding hydrogens is 438 g/mol. The number of halogens is 2. The summed E-state index contributed by atoms with van der Waals surface area (Å²) < 4.78 is 27.3. The summed E-state index contributed by atoms with van der Waals surface area (Å²) in [6.45, 7) is 2.16. The van der Waals surface area contributed by atoms with Crippen molar-refractivity contribution in [3.63, 3.8) is 0 Å². The van der Waals surface area contributed by atoms with E-state index >= 15 is 0 Å². The first-order valence-corrected chi connectivity index (χ1v) is 10.8. The highest BCUT2D eigenvalue weighted by Gasteiger charge is 2.25. The molecule has 5 nitrogen and oxygen atoms in total. The molecule has 4 rings (SSSR count). The van der Waals surface area contributed by atoms with Crippen LogP contribution < -0.4 is 10.4 Å². The molecule has 0 aliphatic heterocycles. The van der Waals surface area contributed by atoms with Crippen LogP contribution in [0.5, 0.6) is 0 Å². The minimum atomic E-state index is -0.570. The van der Waals surface area contributed by atoms with Crippen LogP contribution in [-0.2, 0) is 4.79 Å². The van der Waals surface area contributed by atoms with Gasteiger partial charge in [-0.3, -0.25) is 10.0 Å². The lowest BCUT2D eigenvalue weighted by atomic mass is 10.0. The Morgan fingerprint density at radius 2 is 1.56 bits per heavy atom. The smallest absolute Gasteiger partial charge is 0.247 e. The summed E-state index contributed by atoms with van der Waals surface area (Å²) in [5, 5.41) is 18.4. The maximum Gasteiger partial charge on any atom is 0.247 e. The fourth-order valence-corrected chi connectivity index (χ4v) is 4.23. The van der Waals surface area contributed by atoms with E-state index in [1.807, 2.05) is 42.2 Å². The first-order chi connectivity index (χ1) is 16.4. The third kappa shape index (κ3) is 4.76. The number of anilines is 2. The maximum absolute atomic E-state index is 13.9. The van der Waals surface area contributed by atoms with Crippen LogP contribution in [0.15, 0.2) is 72.3 Å². The van der Waals surface area contributed by atoms with Crippen molar-refractivity contribution in [1.29, 1.82) is 0 Å². The molecule has 3 aromatic rings. The quantitative estimate of drug-likeness (QED) is 0.328. The van der Waals surface area contributed by atoms with Gasteiger partial charge in [0.05, 0.1) is 13.0 Å². The van der Waals surface area contributed by atoms with Crippen LogP contribution in [0.2, 0.25) is 0 Å². The van der Waals surface area contributed by atoms with Gasteiger partial charge >= 0.3 is 0 Å². The molecule has 0 spiro atoms. The highest BCUT2D eigenvalue weighted by Crippen LogP contribution is 2.44. The number of nitrogens with one attached hydrogen (secondary N) is 1. The molecule has 3 N–H and O–H groups in total. The summed E-state index contributed by atoms with van der Waals surface area (Å²) in [7, 11) is 0. The Kier molecular flexibility index (Phi) is 6.86. The second kappa shape index (κ2) is 9.99. The second-order valence-corrected chi connectivity index (χ2v) is 8.01. The van der Waals surface area contributed by atoms with E-state index < -0.39 is 11.7 Å². The summed E-state index contributed by atoms with van der Waals surface area (Å²) in [5.74, 6) is -1.30. The number of carbonyl (C=O) groups is 1. The summed E-state index contributed by atoms with van der Waals surface area (Å²) in [6.07, 6.45) is 1.90. The van der Waals surface area contributed by atoms with Crippen LogP contribution in [0.1, 0.15) is 30.0 Å². The first kappa shape index (κ1) is 23.4. The van der Waals surface area contributed by atoms with Gasteiger partial charge in [0, 0.05) is 17.9 Å². The molecule has 0 bridgehead atoms. The van der Waals surface area contributed by atoms with Crippen LogP contribution in [0.25, 0.3) is 17.2 Å². The molecule has 0 saturated carbocycles. The number of rotatable bonds is 7. The summed E-state index contributed by atoms with van der Waals surface area (Å²) >= 11 is 0. The van der Waals surface area contributed by atoms with Gasteiger partial charge in [-0.05, 0) is 94.9 Å². The van der Waals surface area contributed by atoms with E-state index in [0.29, 0.717) is 17.7 Å². The average molecular weight is 462 g/mol. The van der Waals surface area contributed by atoms with Gasteiger partial charge in [-0.1, -0.05) is 18.2 Å². The molecule has 0 heterocycles. The standard InChI is InChI=1S/C27H24F2N2O3/c1-17-24(23-11-6-20(29)15-26(23)25(17)16-27(33)30-34)14-18-2-7-21(8-3-18)31(12-13-32)22-9-4-19(28)5-10-22/h2-11,14-15,32,34H,12-13,16H2,1H3,(H,30,33)/b24-14-. The number of benzene rings is 3. The Morgan fingerprint density at radius 3 is 2.18 bits per heavy atom. The zero-order chi connectivity index (χ0) is 24.2. The van der Waals surface area contributed by atoms with E-state index in [-0.39, 0.29) is 18.8 Å². The number of carbonyl (C=O) groups excluding carboxylic acids is 1. The van der Waals surface area contributed by atoms with E-state index in [1.165, 1.54) is 24.3 Å². The zero-order valence-electron chi connectivity index (χ0n) is 18.6. The van der Waals surface area contributed by atoms with Crippen LogP contribution >= 0.6 is 0 Å². The number of hydrogen-bond acceptors (Lipinski definition) is 4. The molecule has 0 unspecified atom stereocenters. The molecule has 0 atom stereocenters. The molecule has 0 saturated heterocycles. The topological polar surface area (TPSA) is 72.8 Å². The molecule has 1 amide bonds. The summed E-state index contributed by atoms with van der Waals surface area (Å²) in [5.41, 5.74) is 7.95. The van der Waals surface area contributed by atoms with Crippen molar-refractivity contribution in [3.8, 4) is 0 Å². The lowest BCUT2D eigenvalue weighted by molar-refractivity contribution is -0.128. The number of aliphatic hydroxyl groups excluding tert-OH is 1. The van der Waals surface area contributed by atoms with E-state index in [4.69, 9.17) is 5.21 Å². The summed E-state index contributed by atoms with van der Waals surface area (Å²) in [6, 6.07) is 18.2. The Balaban J connectivity index is 1.69. The Bertz CT molecular complexity index is 1270. The molecule has 0 aromatic heterocycles. The predicted molar refractivity (Wildman–Crippen MR) is 128 cm³/mol. The summed E-state index contributed by atoms with van der Waals surface area (Å²) in [4.78, 5) is 13.7. The van der Waals surface area contributed by atoms with Gasteiger partial charge in [-0.15, -0.1) is 0 Å². The van der Waals surface area contributed by atoms with Gasteiger partial charge in [-0.25, -0.2) is 14.3 Å².